The van der Waals surface area contributed by atoms with Crippen LogP contribution in [0.2, 0.25) is 0 Å². The van der Waals surface area contributed by atoms with E-state index in [4.69, 9.17) is 0 Å². The molecular weight excluding hydrogens is 362 g/mol. The summed E-state index contributed by atoms with van der Waals surface area (Å²) >= 11 is 0. The highest BCUT2D eigenvalue weighted by Gasteiger charge is 2.25. The molecule has 1 N–H and O–H groups in total. The van der Waals surface area contributed by atoms with E-state index in [1.54, 1.807) is 0 Å². The van der Waals surface area contributed by atoms with Crippen LogP contribution in [-0.2, 0) is 0 Å². The number of hydrogen-bond donors (Lipinski definition) is 1. The summed E-state index contributed by atoms with van der Waals surface area (Å²) in [6.45, 7) is 24.1. The van der Waals surface area contributed by atoms with Crippen LogP contribution in [0.4, 0.5) is 0 Å². The zero-order valence-electron chi connectivity index (χ0n) is 21.5. The van der Waals surface area contributed by atoms with Gasteiger partial charge >= 0.3 is 0 Å². The summed E-state index contributed by atoms with van der Waals surface area (Å²) in [6.07, 6.45) is 21.8. The van der Waals surface area contributed by atoms with Gasteiger partial charge in [0, 0.05) is 12.2 Å². The fraction of sp³-hybridized carbons (Fsp3) is 0.793. The molecule has 0 amide bonds. The Hall–Kier alpha value is -0.980. The molecule has 1 aliphatic carbocycles. The molecule has 0 radical (unpaired) electrons. The molecule has 1 nitrogen and oxygen atoms in total. The maximum Gasteiger partial charge on any atom is 0.0354 e. The minimum atomic E-state index is 0.913. The number of nitrogens with one attached hydrogen (secondary N) is 1. The molecule has 1 fully saturated rings. The first-order valence-electron chi connectivity index (χ1n) is 13.1. The van der Waals surface area contributed by atoms with Crippen molar-refractivity contribution in [2.45, 2.75) is 130 Å². The average Bonchev–Trinajstić information content (AvgIpc) is 2.73. The van der Waals surface area contributed by atoms with Gasteiger partial charge in [-0.25, -0.2) is 0 Å². The minimum absolute atomic E-state index is 0.913. The van der Waals surface area contributed by atoms with Gasteiger partial charge in [0.05, 0.1) is 0 Å². The third-order valence-electron chi connectivity index (χ3n) is 6.26. The normalized spacial score (nSPS) is 16.9. The summed E-state index contributed by atoms with van der Waals surface area (Å²) in [7, 11) is 0. The van der Waals surface area contributed by atoms with Crippen LogP contribution in [0.15, 0.2) is 37.6 Å². The van der Waals surface area contributed by atoms with Gasteiger partial charge in [0.25, 0.3) is 0 Å². The largest absolute Gasteiger partial charge is 0.385 e. The van der Waals surface area contributed by atoms with E-state index in [1.165, 1.54) is 95.5 Å². The maximum absolute atomic E-state index is 4.15. The Labute approximate surface area is 191 Å². The maximum atomic E-state index is 4.15. The van der Waals surface area contributed by atoms with E-state index in [0.717, 1.165) is 36.9 Å². The fourth-order valence-electron chi connectivity index (χ4n) is 3.95. The van der Waals surface area contributed by atoms with Crippen molar-refractivity contribution in [2.24, 2.45) is 11.8 Å². The van der Waals surface area contributed by atoms with E-state index in [-0.39, 0.29) is 0 Å². The van der Waals surface area contributed by atoms with Gasteiger partial charge in [0.1, 0.15) is 0 Å². The SMILES string of the molecule is C=C.C=C(CCCCCCCCCCC)CNC(=C)CCC.CCC1CC(CC)C1. The number of unbranched alkanes of at least 4 members (excludes halogenated alkanes) is 8. The van der Waals surface area contributed by atoms with Crippen LogP contribution in [0.1, 0.15) is 130 Å². The first kappa shape index (κ1) is 31.2. The second-order valence-corrected chi connectivity index (χ2v) is 9.06. The molecule has 0 aromatic carbocycles. The van der Waals surface area contributed by atoms with E-state index in [1.807, 2.05) is 0 Å². The third kappa shape index (κ3) is 20.3. The standard InChI is InChI=1S/C19H37N.C8H16.C2H4/c1-5-7-8-9-10-11-12-13-14-16-18(3)17-20-19(4)15-6-2;1-3-7-5-8(4-2)6-7;1-2/h20H,3-17H2,1-2H3;7-8H,3-6H2,1-2H3;1-2H2. The molecule has 0 atom stereocenters. The van der Waals surface area contributed by atoms with Gasteiger partial charge in [0.2, 0.25) is 0 Å². The van der Waals surface area contributed by atoms with Crippen molar-refractivity contribution >= 4 is 0 Å². The molecule has 1 rings (SSSR count). The van der Waals surface area contributed by atoms with Crippen LogP contribution < -0.4 is 5.32 Å². The Kier molecular flexibility index (Phi) is 25.3. The van der Waals surface area contributed by atoms with Crippen LogP contribution in [0, 0.1) is 11.8 Å². The van der Waals surface area contributed by atoms with E-state index in [0.29, 0.717) is 0 Å². The highest BCUT2D eigenvalue weighted by Crippen LogP contribution is 2.37. The second-order valence-electron chi connectivity index (χ2n) is 9.06. The molecule has 0 aromatic heterocycles. The van der Waals surface area contributed by atoms with E-state index < -0.39 is 0 Å². The van der Waals surface area contributed by atoms with Crippen molar-refractivity contribution in [3.63, 3.8) is 0 Å². The first-order chi connectivity index (χ1) is 14.6. The highest BCUT2D eigenvalue weighted by atomic mass is 14.9. The topological polar surface area (TPSA) is 12.0 Å². The lowest BCUT2D eigenvalue weighted by molar-refractivity contribution is 0.183. The van der Waals surface area contributed by atoms with Gasteiger partial charge in [-0.2, -0.15) is 0 Å². The van der Waals surface area contributed by atoms with Gasteiger partial charge in [-0.1, -0.05) is 117 Å². The van der Waals surface area contributed by atoms with Gasteiger partial charge in [-0.15, -0.1) is 13.2 Å². The van der Waals surface area contributed by atoms with Crippen molar-refractivity contribution in [1.82, 2.24) is 5.32 Å². The number of hydrogen-bond acceptors (Lipinski definition) is 1. The van der Waals surface area contributed by atoms with Crippen LogP contribution in [0.25, 0.3) is 0 Å². The van der Waals surface area contributed by atoms with Crippen LogP contribution in [0.5, 0.6) is 0 Å². The lowest BCUT2D eigenvalue weighted by atomic mass is 9.72. The molecule has 0 saturated heterocycles. The molecule has 0 aliphatic heterocycles. The molecule has 0 unspecified atom stereocenters. The smallest absolute Gasteiger partial charge is 0.0354 e. The lowest BCUT2D eigenvalue weighted by Crippen LogP contribution is -2.21. The summed E-state index contributed by atoms with van der Waals surface area (Å²) in [5, 5.41) is 3.37. The van der Waals surface area contributed by atoms with E-state index >= 15 is 0 Å². The monoisotopic (exact) mass is 419 g/mol. The first-order valence-corrected chi connectivity index (χ1v) is 13.1. The van der Waals surface area contributed by atoms with Gasteiger partial charge < -0.3 is 5.32 Å². The lowest BCUT2D eigenvalue weighted by Gasteiger charge is -2.33. The molecule has 178 valence electrons. The zero-order valence-corrected chi connectivity index (χ0v) is 21.5. The molecule has 1 heteroatoms. The second kappa shape index (κ2) is 24.3. The Morgan fingerprint density at radius 3 is 1.57 bits per heavy atom. The van der Waals surface area contributed by atoms with Gasteiger partial charge in [-0.05, 0) is 43.9 Å². The molecule has 1 aliphatic rings. The van der Waals surface area contributed by atoms with Crippen molar-refractivity contribution in [1.29, 1.82) is 0 Å². The number of rotatable bonds is 17. The van der Waals surface area contributed by atoms with Crippen LogP contribution >= 0.6 is 0 Å². The Bertz CT molecular complexity index is 370. The zero-order chi connectivity index (χ0) is 23.0. The predicted octanol–water partition coefficient (Wildman–Crippen LogP) is 10.0. The van der Waals surface area contributed by atoms with Crippen molar-refractivity contribution < 1.29 is 0 Å². The van der Waals surface area contributed by atoms with Crippen LogP contribution in [-0.4, -0.2) is 6.54 Å². The van der Waals surface area contributed by atoms with Crippen molar-refractivity contribution in [3.05, 3.63) is 37.6 Å². The summed E-state index contributed by atoms with van der Waals surface area (Å²) in [6, 6.07) is 0. The minimum Gasteiger partial charge on any atom is -0.385 e. The fourth-order valence-corrected chi connectivity index (χ4v) is 3.95. The summed E-state index contributed by atoms with van der Waals surface area (Å²) in [5.74, 6) is 2.19. The summed E-state index contributed by atoms with van der Waals surface area (Å²) < 4.78 is 0. The van der Waals surface area contributed by atoms with Crippen molar-refractivity contribution in [2.75, 3.05) is 6.54 Å². The molecule has 0 spiro atoms. The van der Waals surface area contributed by atoms with Crippen LogP contribution in [0.3, 0.4) is 0 Å². The Balaban J connectivity index is 0. The number of allylic oxidation sites excluding steroid dienone is 1. The molecule has 1 saturated carbocycles. The predicted molar refractivity (Wildman–Crippen MR) is 141 cm³/mol. The molecule has 0 aromatic rings. The summed E-state index contributed by atoms with van der Waals surface area (Å²) in [5.41, 5.74) is 2.48. The summed E-state index contributed by atoms with van der Waals surface area (Å²) in [4.78, 5) is 0. The quantitative estimate of drug-likeness (QED) is 0.183. The highest BCUT2D eigenvalue weighted by molar-refractivity contribution is 5.01. The third-order valence-corrected chi connectivity index (χ3v) is 6.26. The Morgan fingerprint density at radius 1 is 0.667 bits per heavy atom. The molecule has 0 heterocycles. The van der Waals surface area contributed by atoms with Gasteiger partial charge in [-0.3, -0.25) is 0 Å². The molecule has 30 heavy (non-hydrogen) atoms. The van der Waals surface area contributed by atoms with Crippen molar-refractivity contribution in [3.8, 4) is 0 Å². The van der Waals surface area contributed by atoms with Gasteiger partial charge in [0.15, 0.2) is 0 Å². The van der Waals surface area contributed by atoms with E-state index in [2.05, 4.69) is 59.3 Å². The molecular formula is C29H57N. The molecule has 0 bridgehead atoms. The van der Waals surface area contributed by atoms with E-state index in [9.17, 15) is 0 Å². The Morgan fingerprint density at radius 2 is 1.13 bits per heavy atom. The average molecular weight is 420 g/mol.